The minimum atomic E-state index is -0.405. The largest absolute Gasteiger partial charge is 0.494 e. The molecule has 0 bridgehead atoms. The van der Waals surface area contributed by atoms with Gasteiger partial charge in [-0.1, -0.05) is 53.5 Å². The molecule has 1 amide bonds. The molecular formula is C27H29Cl3N2O6. The van der Waals surface area contributed by atoms with E-state index in [1.165, 1.54) is 19.3 Å². The predicted octanol–water partition coefficient (Wildman–Crippen LogP) is 6.53. The normalized spacial score (nSPS) is 10.6. The topological polar surface area (TPSA) is 95.1 Å². The molecule has 0 aromatic heterocycles. The van der Waals surface area contributed by atoms with Gasteiger partial charge in [0.05, 0.1) is 31.0 Å². The first-order chi connectivity index (χ1) is 18.2. The van der Waals surface area contributed by atoms with Crippen LogP contribution in [0.1, 0.15) is 30.9 Å². The summed E-state index contributed by atoms with van der Waals surface area (Å²) in [7, 11) is 1.49. The Morgan fingerprint density at radius 1 is 1.13 bits per heavy atom. The molecule has 2 aromatic carbocycles. The van der Waals surface area contributed by atoms with Crippen molar-refractivity contribution in [1.29, 1.82) is 0 Å². The monoisotopic (exact) mass is 582 g/mol. The van der Waals surface area contributed by atoms with E-state index >= 15 is 0 Å². The summed E-state index contributed by atoms with van der Waals surface area (Å²) in [6, 6.07) is 10.4. The number of methoxy groups -OCH3 is 1. The number of esters is 1. The van der Waals surface area contributed by atoms with Crippen molar-refractivity contribution in [3.05, 3.63) is 75.8 Å². The summed E-state index contributed by atoms with van der Waals surface area (Å²) >= 11 is 17.5. The number of halogens is 3. The summed E-state index contributed by atoms with van der Waals surface area (Å²) in [5.74, 6) is 0.288. The van der Waals surface area contributed by atoms with Gasteiger partial charge in [-0.2, -0.15) is 0 Å². The fourth-order valence-corrected chi connectivity index (χ4v) is 3.45. The fraction of sp³-hybridized carbons (Fsp3) is 0.259. The molecule has 38 heavy (non-hydrogen) atoms. The molecule has 0 saturated heterocycles. The molecule has 0 fully saturated rings. The maximum Gasteiger partial charge on any atom is 0.330 e. The van der Waals surface area contributed by atoms with Crippen LogP contribution in [-0.4, -0.2) is 38.8 Å². The smallest absolute Gasteiger partial charge is 0.330 e. The second-order valence-electron chi connectivity index (χ2n) is 7.58. The Hall–Kier alpha value is -3.17. The molecule has 0 saturated carbocycles. The number of benzene rings is 2. The molecule has 8 nitrogen and oxygen atoms in total. The quantitative estimate of drug-likeness (QED) is 0.106. The molecule has 0 heterocycles. The van der Waals surface area contributed by atoms with Gasteiger partial charge in [0.2, 0.25) is 5.91 Å². The third kappa shape index (κ3) is 11.1. The van der Waals surface area contributed by atoms with Crippen LogP contribution < -0.4 is 20.3 Å². The molecule has 0 atom stereocenters. The molecule has 2 rings (SSSR count). The predicted molar refractivity (Wildman–Crippen MR) is 151 cm³/mol. The molecular weight excluding hydrogens is 555 g/mol. The zero-order valence-electron chi connectivity index (χ0n) is 21.0. The number of carbonyl (C=O) groups excluding carboxylic acids is 2. The van der Waals surface area contributed by atoms with Crippen molar-refractivity contribution in [2.24, 2.45) is 0 Å². The van der Waals surface area contributed by atoms with Crippen LogP contribution in [0.2, 0.25) is 5.02 Å². The van der Waals surface area contributed by atoms with E-state index in [9.17, 15) is 9.59 Å². The van der Waals surface area contributed by atoms with Gasteiger partial charge >= 0.3 is 5.97 Å². The highest BCUT2D eigenvalue weighted by atomic mass is 35.5. The van der Waals surface area contributed by atoms with Gasteiger partial charge < -0.3 is 19.5 Å². The standard InChI is InChI=1S/C27H29Cl3N2O6/c1-4-36-26(34)12-9-19-7-10-20(11-8-19)31-25(33)6-5-14-38-32-18(2)22-16-21(37-15-13-24(29)30)17-23(28)27(22)35-3/h7-13,16-17,32H,2,4-6,14-15H2,1,3H3,(H,31,33). The third-order valence-corrected chi connectivity index (χ3v) is 5.36. The molecule has 204 valence electrons. The first kappa shape index (κ1) is 31.1. The van der Waals surface area contributed by atoms with Crippen LogP contribution in [0.25, 0.3) is 11.8 Å². The fourth-order valence-electron chi connectivity index (χ4n) is 3.04. The Labute approximate surface area is 237 Å². The van der Waals surface area contributed by atoms with Crippen LogP contribution in [0.5, 0.6) is 11.5 Å². The Kier molecular flexibility index (Phi) is 13.6. The van der Waals surface area contributed by atoms with E-state index < -0.39 is 5.97 Å². The minimum Gasteiger partial charge on any atom is -0.494 e. The van der Waals surface area contributed by atoms with Crippen molar-refractivity contribution < 1.29 is 28.6 Å². The van der Waals surface area contributed by atoms with E-state index in [4.69, 9.17) is 53.9 Å². The Bertz CT molecular complexity index is 1160. The summed E-state index contributed by atoms with van der Waals surface area (Å²) in [6.07, 6.45) is 5.19. The van der Waals surface area contributed by atoms with Crippen molar-refractivity contribution in [3.8, 4) is 11.5 Å². The first-order valence-corrected chi connectivity index (χ1v) is 12.7. The lowest BCUT2D eigenvalue weighted by Crippen LogP contribution is -2.16. The lowest BCUT2D eigenvalue weighted by molar-refractivity contribution is -0.137. The SMILES string of the molecule is C=C(NOCCCC(=O)Nc1ccc(C=CC(=O)OCC)cc1)c1cc(OCC=C(Cl)Cl)cc(Cl)c1OC. The van der Waals surface area contributed by atoms with Gasteiger partial charge in [0.25, 0.3) is 0 Å². The Morgan fingerprint density at radius 3 is 2.53 bits per heavy atom. The minimum absolute atomic E-state index is 0.0937. The Balaban J connectivity index is 1.79. The van der Waals surface area contributed by atoms with Gasteiger partial charge in [-0.15, -0.1) is 0 Å². The lowest BCUT2D eigenvalue weighted by Gasteiger charge is -2.16. The van der Waals surface area contributed by atoms with Crippen molar-refractivity contribution >= 4 is 64.1 Å². The maximum atomic E-state index is 12.2. The number of hydrogen-bond donors (Lipinski definition) is 2. The number of rotatable bonds is 15. The zero-order valence-corrected chi connectivity index (χ0v) is 23.3. The van der Waals surface area contributed by atoms with Crippen molar-refractivity contribution in [3.63, 3.8) is 0 Å². The Morgan fingerprint density at radius 2 is 1.87 bits per heavy atom. The van der Waals surface area contributed by atoms with E-state index in [-0.39, 0.29) is 30.0 Å². The van der Waals surface area contributed by atoms with Crippen LogP contribution in [0.15, 0.2) is 59.6 Å². The van der Waals surface area contributed by atoms with Gasteiger partial charge in [0.15, 0.2) is 0 Å². The molecule has 0 spiro atoms. The molecule has 11 heteroatoms. The van der Waals surface area contributed by atoms with E-state index in [0.29, 0.717) is 46.5 Å². The highest BCUT2D eigenvalue weighted by Gasteiger charge is 2.14. The summed E-state index contributed by atoms with van der Waals surface area (Å²) in [6.45, 7) is 6.42. The average Bonchev–Trinajstić information content (AvgIpc) is 2.87. The highest BCUT2D eigenvalue weighted by Crippen LogP contribution is 2.36. The van der Waals surface area contributed by atoms with Crippen molar-refractivity contribution in [2.45, 2.75) is 19.8 Å². The molecule has 0 radical (unpaired) electrons. The van der Waals surface area contributed by atoms with Crippen LogP contribution in [-0.2, 0) is 19.2 Å². The summed E-state index contributed by atoms with van der Waals surface area (Å²) in [5, 5.41) is 3.14. The molecule has 0 aliphatic heterocycles. The second kappa shape index (κ2) is 16.6. The lowest BCUT2D eigenvalue weighted by atomic mass is 10.1. The van der Waals surface area contributed by atoms with Crippen LogP contribution >= 0.6 is 34.8 Å². The number of hydroxylamine groups is 1. The van der Waals surface area contributed by atoms with Gasteiger partial charge in [-0.25, -0.2) is 4.79 Å². The molecule has 2 aromatic rings. The van der Waals surface area contributed by atoms with E-state index in [1.807, 2.05) is 0 Å². The van der Waals surface area contributed by atoms with Gasteiger partial charge in [-0.3, -0.25) is 15.1 Å². The zero-order chi connectivity index (χ0) is 27.9. The number of anilines is 1. The summed E-state index contributed by atoms with van der Waals surface area (Å²) in [4.78, 5) is 29.1. The van der Waals surface area contributed by atoms with Crippen LogP contribution in [0.3, 0.4) is 0 Å². The highest BCUT2D eigenvalue weighted by molar-refractivity contribution is 6.55. The first-order valence-electron chi connectivity index (χ1n) is 11.6. The maximum absolute atomic E-state index is 12.2. The summed E-state index contributed by atoms with van der Waals surface area (Å²) < 4.78 is 15.9. The number of amides is 1. The van der Waals surface area contributed by atoms with Gasteiger partial charge in [0, 0.05) is 29.8 Å². The van der Waals surface area contributed by atoms with Crippen molar-refractivity contribution in [1.82, 2.24) is 5.48 Å². The van der Waals surface area contributed by atoms with Crippen LogP contribution in [0.4, 0.5) is 5.69 Å². The second-order valence-corrected chi connectivity index (χ2v) is 8.99. The molecule has 0 aliphatic carbocycles. The average molecular weight is 584 g/mol. The molecule has 0 aliphatic rings. The van der Waals surface area contributed by atoms with Crippen LogP contribution in [0, 0.1) is 0 Å². The van der Waals surface area contributed by atoms with E-state index in [0.717, 1.165) is 5.56 Å². The number of nitrogens with one attached hydrogen (secondary N) is 2. The number of hydrogen-bond acceptors (Lipinski definition) is 7. The van der Waals surface area contributed by atoms with Gasteiger partial charge in [0.1, 0.15) is 22.6 Å². The van der Waals surface area contributed by atoms with Gasteiger partial charge in [-0.05, 0) is 49.3 Å². The summed E-state index contributed by atoms with van der Waals surface area (Å²) in [5.41, 5.74) is 5.12. The third-order valence-electron chi connectivity index (χ3n) is 4.77. The molecule has 2 N–H and O–H groups in total. The number of carbonyl (C=O) groups is 2. The van der Waals surface area contributed by atoms with E-state index in [1.54, 1.807) is 49.4 Å². The van der Waals surface area contributed by atoms with Crippen molar-refractivity contribution in [2.75, 3.05) is 32.2 Å². The molecule has 0 unspecified atom stereocenters. The number of ether oxygens (including phenoxy) is 3. The van der Waals surface area contributed by atoms with E-state index in [2.05, 4.69) is 17.4 Å².